The number of ether oxygens (including phenoxy) is 3. The van der Waals surface area contributed by atoms with Gasteiger partial charge in [0.2, 0.25) is 0 Å². The average Bonchev–Trinajstić information content (AvgIpc) is 2.57. The number of hydrogen-bond donors (Lipinski definition) is 1. The molecule has 0 atom stereocenters. The van der Waals surface area contributed by atoms with Crippen LogP contribution in [0.5, 0.6) is 17.2 Å². The van der Waals surface area contributed by atoms with E-state index in [1.807, 2.05) is 32.0 Å². The van der Waals surface area contributed by atoms with E-state index in [1.165, 1.54) is 7.05 Å². The molecule has 2 rings (SSSR count). The molecule has 1 amide bonds. The van der Waals surface area contributed by atoms with Crippen LogP contribution in [0.15, 0.2) is 24.3 Å². The molecule has 0 heterocycles. The summed E-state index contributed by atoms with van der Waals surface area (Å²) in [6, 6.07) is 7.76. The van der Waals surface area contributed by atoms with Gasteiger partial charge in [0, 0.05) is 23.9 Å². The molecule has 2 aromatic rings. The number of nitrogens with one attached hydrogen (secondary N) is 1. The number of hydrogen-bond acceptors (Lipinski definition) is 4. The highest BCUT2D eigenvalue weighted by atomic mass is 16.6. The van der Waals surface area contributed by atoms with Crippen LogP contribution in [0.3, 0.4) is 0 Å². The van der Waals surface area contributed by atoms with E-state index in [1.54, 1.807) is 6.07 Å². The Morgan fingerprint density at radius 2 is 1.74 bits per heavy atom. The van der Waals surface area contributed by atoms with Crippen molar-refractivity contribution in [2.75, 3.05) is 20.3 Å². The van der Waals surface area contributed by atoms with Crippen LogP contribution in [0, 0.1) is 0 Å². The normalized spacial score (nSPS) is 10.4. The van der Waals surface area contributed by atoms with Crippen molar-refractivity contribution < 1.29 is 19.0 Å². The third kappa shape index (κ3) is 3.67. The Kier molecular flexibility index (Phi) is 5.68. The van der Waals surface area contributed by atoms with Crippen LogP contribution in [0.1, 0.15) is 26.3 Å². The van der Waals surface area contributed by atoms with E-state index in [0.717, 1.165) is 22.8 Å². The van der Waals surface area contributed by atoms with Gasteiger partial charge in [-0.15, -0.1) is 0 Å². The second-order valence-electron chi connectivity index (χ2n) is 4.94. The number of amides is 1. The van der Waals surface area contributed by atoms with Crippen LogP contribution in [0.2, 0.25) is 0 Å². The molecule has 0 fully saturated rings. The summed E-state index contributed by atoms with van der Waals surface area (Å²) in [6.07, 6.45) is 0.381. The molecule has 23 heavy (non-hydrogen) atoms. The number of benzene rings is 2. The molecule has 0 saturated heterocycles. The zero-order valence-electron chi connectivity index (χ0n) is 14.1. The zero-order valence-corrected chi connectivity index (χ0v) is 14.1. The van der Waals surface area contributed by atoms with Crippen molar-refractivity contribution in [3.8, 4) is 17.2 Å². The minimum Gasteiger partial charge on any atom is -0.490 e. The lowest BCUT2D eigenvalue weighted by Crippen LogP contribution is -2.22. The van der Waals surface area contributed by atoms with Gasteiger partial charge in [-0.05, 0) is 31.9 Å². The maximum Gasteiger partial charge on any atom is 0.412 e. The third-order valence-corrected chi connectivity index (χ3v) is 3.48. The highest BCUT2D eigenvalue weighted by Gasteiger charge is 2.17. The fraction of sp³-hybridized carbons (Fsp3) is 0.389. The summed E-state index contributed by atoms with van der Waals surface area (Å²) < 4.78 is 16.9. The van der Waals surface area contributed by atoms with Gasteiger partial charge in [0.05, 0.1) is 13.2 Å². The monoisotopic (exact) mass is 317 g/mol. The van der Waals surface area contributed by atoms with Gasteiger partial charge in [-0.2, -0.15) is 0 Å². The molecule has 0 radical (unpaired) electrons. The predicted octanol–water partition coefficient (Wildman–Crippen LogP) is 3.92. The summed E-state index contributed by atoms with van der Waals surface area (Å²) in [6.45, 7) is 6.94. The highest BCUT2D eigenvalue weighted by Crippen LogP contribution is 2.42. The summed E-state index contributed by atoms with van der Waals surface area (Å²) in [4.78, 5) is 11.7. The van der Waals surface area contributed by atoms with E-state index in [0.29, 0.717) is 30.5 Å². The van der Waals surface area contributed by atoms with Crippen molar-refractivity contribution in [3.05, 3.63) is 29.8 Å². The lowest BCUT2D eigenvalue weighted by atomic mass is 10.0. The average molecular weight is 317 g/mol. The van der Waals surface area contributed by atoms with Crippen molar-refractivity contribution in [3.63, 3.8) is 0 Å². The standard InChI is InChI=1S/C18H23NO4/c1-5-12-8-9-13-14(10-12)15(23-18(20)19-4)11-16(21-6-2)17(13)22-7-3/h8-11H,5-7H2,1-4H3,(H,19,20). The topological polar surface area (TPSA) is 56.8 Å². The molecule has 5 nitrogen and oxygen atoms in total. The van der Waals surface area contributed by atoms with E-state index in [9.17, 15) is 4.79 Å². The Morgan fingerprint density at radius 3 is 2.35 bits per heavy atom. The molecular formula is C18H23NO4. The Morgan fingerprint density at radius 1 is 1.00 bits per heavy atom. The Labute approximate surface area is 136 Å². The minimum atomic E-state index is -0.514. The van der Waals surface area contributed by atoms with Crippen molar-refractivity contribution in [1.29, 1.82) is 0 Å². The number of aryl methyl sites for hydroxylation is 1. The second-order valence-corrected chi connectivity index (χ2v) is 4.94. The first-order valence-electron chi connectivity index (χ1n) is 7.89. The molecule has 124 valence electrons. The van der Waals surface area contributed by atoms with Crippen molar-refractivity contribution in [2.45, 2.75) is 27.2 Å². The first-order valence-corrected chi connectivity index (χ1v) is 7.89. The summed E-state index contributed by atoms with van der Waals surface area (Å²) in [5.41, 5.74) is 1.16. The molecule has 5 heteroatoms. The number of rotatable bonds is 6. The zero-order chi connectivity index (χ0) is 16.8. The molecule has 2 aromatic carbocycles. The molecule has 1 N–H and O–H groups in total. The molecule has 0 spiro atoms. The van der Waals surface area contributed by atoms with Gasteiger partial charge < -0.3 is 19.5 Å². The molecule has 0 aromatic heterocycles. The van der Waals surface area contributed by atoms with Crippen molar-refractivity contribution in [1.82, 2.24) is 5.32 Å². The van der Waals surface area contributed by atoms with Gasteiger partial charge in [-0.3, -0.25) is 0 Å². The summed E-state index contributed by atoms with van der Waals surface area (Å²) in [5, 5.41) is 4.17. The minimum absolute atomic E-state index is 0.460. The van der Waals surface area contributed by atoms with Crippen LogP contribution in [0.4, 0.5) is 4.79 Å². The number of fused-ring (bicyclic) bond motifs is 1. The summed E-state index contributed by atoms with van der Waals surface area (Å²) in [5.74, 6) is 1.71. The largest absolute Gasteiger partial charge is 0.490 e. The van der Waals surface area contributed by atoms with Crippen LogP contribution >= 0.6 is 0 Å². The van der Waals surface area contributed by atoms with E-state index in [2.05, 4.69) is 12.2 Å². The van der Waals surface area contributed by atoms with Crippen LogP contribution < -0.4 is 19.5 Å². The molecule has 0 bridgehead atoms. The third-order valence-electron chi connectivity index (χ3n) is 3.48. The van der Waals surface area contributed by atoms with Crippen molar-refractivity contribution in [2.24, 2.45) is 0 Å². The quantitative estimate of drug-likeness (QED) is 0.877. The first-order chi connectivity index (χ1) is 11.1. The fourth-order valence-corrected chi connectivity index (χ4v) is 2.40. The van der Waals surface area contributed by atoms with Gasteiger partial charge >= 0.3 is 6.09 Å². The predicted molar refractivity (Wildman–Crippen MR) is 90.7 cm³/mol. The molecule has 0 aliphatic rings. The van der Waals surface area contributed by atoms with Gasteiger partial charge in [0.15, 0.2) is 11.5 Å². The Bertz CT molecular complexity index is 697. The first kappa shape index (κ1) is 16.9. The lowest BCUT2D eigenvalue weighted by molar-refractivity contribution is 0.203. The Hall–Kier alpha value is -2.43. The van der Waals surface area contributed by atoms with E-state index in [4.69, 9.17) is 14.2 Å². The van der Waals surface area contributed by atoms with E-state index >= 15 is 0 Å². The maximum atomic E-state index is 11.7. The van der Waals surface area contributed by atoms with Crippen molar-refractivity contribution >= 4 is 16.9 Å². The van der Waals surface area contributed by atoms with Gasteiger partial charge in [0.1, 0.15) is 5.75 Å². The highest BCUT2D eigenvalue weighted by molar-refractivity contribution is 5.97. The number of carbonyl (C=O) groups is 1. The van der Waals surface area contributed by atoms with Gasteiger partial charge in [-0.25, -0.2) is 4.79 Å². The molecule has 0 aliphatic carbocycles. The molecule has 0 saturated carbocycles. The molecule has 0 unspecified atom stereocenters. The van der Waals surface area contributed by atoms with Crippen LogP contribution in [-0.4, -0.2) is 26.4 Å². The van der Waals surface area contributed by atoms with Crippen LogP contribution in [0.25, 0.3) is 10.8 Å². The lowest BCUT2D eigenvalue weighted by Gasteiger charge is -2.17. The SMILES string of the molecule is CCOc1cc(OC(=O)NC)c2cc(CC)ccc2c1OCC. The second kappa shape index (κ2) is 7.72. The maximum absolute atomic E-state index is 11.7. The molecular weight excluding hydrogens is 294 g/mol. The smallest absolute Gasteiger partial charge is 0.412 e. The summed E-state index contributed by atoms with van der Waals surface area (Å²) in [7, 11) is 1.53. The molecule has 0 aliphatic heterocycles. The Balaban J connectivity index is 2.70. The summed E-state index contributed by atoms with van der Waals surface area (Å²) >= 11 is 0. The van der Waals surface area contributed by atoms with Gasteiger partial charge in [0.25, 0.3) is 0 Å². The fourth-order valence-electron chi connectivity index (χ4n) is 2.40. The van der Waals surface area contributed by atoms with Crippen LogP contribution in [-0.2, 0) is 6.42 Å². The van der Waals surface area contributed by atoms with Gasteiger partial charge in [-0.1, -0.05) is 19.1 Å². The van der Waals surface area contributed by atoms with E-state index < -0.39 is 6.09 Å². The van der Waals surface area contributed by atoms with E-state index in [-0.39, 0.29) is 0 Å². The number of carbonyl (C=O) groups excluding carboxylic acids is 1.